The van der Waals surface area contributed by atoms with Crippen LogP contribution in [-0.2, 0) is 11.2 Å². The van der Waals surface area contributed by atoms with Crippen molar-refractivity contribution < 1.29 is 4.79 Å². The van der Waals surface area contributed by atoms with Gasteiger partial charge in [-0.05, 0) is 37.1 Å². The van der Waals surface area contributed by atoms with Gasteiger partial charge >= 0.3 is 0 Å². The molecule has 2 aromatic rings. The minimum Gasteiger partial charge on any atom is -0.352 e. The van der Waals surface area contributed by atoms with Crippen LogP contribution < -0.4 is 4.90 Å². The van der Waals surface area contributed by atoms with Crippen LogP contribution in [0.5, 0.6) is 0 Å². The van der Waals surface area contributed by atoms with Gasteiger partial charge in [-0.1, -0.05) is 28.1 Å². The average molecular weight is 387 g/mol. The van der Waals surface area contributed by atoms with Crippen molar-refractivity contribution in [1.82, 2.24) is 14.9 Å². The lowest BCUT2D eigenvalue weighted by Gasteiger charge is -2.56. The molecule has 0 radical (unpaired) electrons. The Bertz CT molecular complexity index is 752. The van der Waals surface area contributed by atoms with Crippen molar-refractivity contribution in [2.24, 2.45) is 0 Å². The summed E-state index contributed by atoms with van der Waals surface area (Å²) in [6, 6.07) is 10.5. The first-order chi connectivity index (χ1) is 11.6. The minimum atomic E-state index is 0.233. The Morgan fingerprint density at radius 2 is 1.92 bits per heavy atom. The largest absolute Gasteiger partial charge is 0.352 e. The Morgan fingerprint density at radius 3 is 2.58 bits per heavy atom. The summed E-state index contributed by atoms with van der Waals surface area (Å²) < 4.78 is 1.04. The molecule has 3 saturated heterocycles. The third kappa shape index (κ3) is 2.90. The van der Waals surface area contributed by atoms with Crippen molar-refractivity contribution in [2.45, 2.75) is 31.8 Å². The van der Waals surface area contributed by atoms with Crippen LogP contribution in [0.4, 0.5) is 5.82 Å². The lowest BCUT2D eigenvalue weighted by Crippen LogP contribution is -2.70. The van der Waals surface area contributed by atoms with E-state index in [0.717, 1.165) is 41.2 Å². The van der Waals surface area contributed by atoms with Crippen LogP contribution in [0.1, 0.15) is 17.8 Å². The van der Waals surface area contributed by atoms with E-state index in [9.17, 15) is 4.79 Å². The number of rotatable bonds is 3. The Hall–Kier alpha value is -1.95. The van der Waals surface area contributed by atoms with Crippen molar-refractivity contribution in [3.8, 4) is 0 Å². The topological polar surface area (TPSA) is 49.3 Å². The molecule has 24 heavy (non-hydrogen) atoms. The molecule has 2 atom stereocenters. The molecule has 3 aliphatic rings. The molecule has 3 aliphatic heterocycles. The van der Waals surface area contributed by atoms with E-state index in [-0.39, 0.29) is 5.91 Å². The van der Waals surface area contributed by atoms with E-state index in [0.29, 0.717) is 18.5 Å². The van der Waals surface area contributed by atoms with E-state index < -0.39 is 0 Å². The van der Waals surface area contributed by atoms with Crippen LogP contribution in [0.2, 0.25) is 0 Å². The van der Waals surface area contributed by atoms with Gasteiger partial charge in [0.05, 0.1) is 18.5 Å². The quantitative estimate of drug-likeness (QED) is 0.813. The van der Waals surface area contributed by atoms with Gasteiger partial charge in [0.15, 0.2) is 0 Å². The molecular weight excluding hydrogens is 368 g/mol. The lowest BCUT2D eigenvalue weighted by atomic mass is 9.86. The second-order valence-corrected chi connectivity index (χ2v) is 7.43. The zero-order chi connectivity index (χ0) is 16.7. The predicted molar refractivity (Wildman–Crippen MR) is 95.9 cm³/mol. The number of hydrogen-bond acceptors (Lipinski definition) is 4. The first-order valence-corrected chi connectivity index (χ1v) is 8.99. The third-order valence-corrected chi connectivity index (χ3v) is 5.36. The molecule has 5 nitrogen and oxygen atoms in total. The molecule has 0 aliphatic carbocycles. The highest BCUT2D eigenvalue weighted by Gasteiger charge is 2.47. The number of nitrogens with zero attached hydrogens (tertiary/aromatic N) is 4. The van der Waals surface area contributed by atoms with Gasteiger partial charge in [0.25, 0.3) is 0 Å². The molecule has 1 amide bonds. The summed E-state index contributed by atoms with van der Waals surface area (Å²) in [4.78, 5) is 25.7. The maximum absolute atomic E-state index is 12.7. The Kier molecular flexibility index (Phi) is 4.00. The number of carbonyl (C=O) groups excluding carboxylic acids is 1. The van der Waals surface area contributed by atoms with Crippen molar-refractivity contribution in [3.05, 3.63) is 52.4 Å². The van der Waals surface area contributed by atoms with E-state index in [4.69, 9.17) is 0 Å². The van der Waals surface area contributed by atoms with Gasteiger partial charge in [0, 0.05) is 23.8 Å². The molecule has 6 heteroatoms. The van der Waals surface area contributed by atoms with Gasteiger partial charge in [-0.25, -0.2) is 9.97 Å². The monoisotopic (exact) mass is 386 g/mol. The summed E-state index contributed by atoms with van der Waals surface area (Å²) in [6.07, 6.45) is 3.38. The third-order valence-electron chi connectivity index (χ3n) is 4.84. The summed E-state index contributed by atoms with van der Waals surface area (Å²) in [5.74, 6) is 1.99. The predicted octanol–water partition coefficient (Wildman–Crippen LogP) is 2.58. The van der Waals surface area contributed by atoms with Crippen LogP contribution in [0.25, 0.3) is 0 Å². The molecule has 5 rings (SSSR count). The summed E-state index contributed by atoms with van der Waals surface area (Å²) in [6.45, 7) is 3.63. The molecule has 4 heterocycles. The standard InChI is InChI=1S/C18H19BrN4O/c1-12-20-7-6-17(21-12)22-10-15-9-16(11-22)23(15)18(24)8-13-2-4-14(19)5-3-13/h2-7,15-16H,8-11H2,1H3. The molecule has 1 aromatic heterocycles. The highest BCUT2D eigenvalue weighted by Crippen LogP contribution is 2.34. The summed E-state index contributed by atoms with van der Waals surface area (Å²) >= 11 is 3.43. The zero-order valence-corrected chi connectivity index (χ0v) is 15.1. The minimum absolute atomic E-state index is 0.233. The van der Waals surface area contributed by atoms with Gasteiger partial charge in [-0.15, -0.1) is 0 Å². The maximum atomic E-state index is 12.7. The number of piperidine rings is 1. The van der Waals surface area contributed by atoms with Crippen molar-refractivity contribution in [1.29, 1.82) is 0 Å². The number of piperazine rings is 1. The SMILES string of the molecule is Cc1nccc(N2CC3CC(C2)N3C(=O)Cc2ccc(Br)cc2)n1. The Balaban J connectivity index is 1.41. The summed E-state index contributed by atoms with van der Waals surface area (Å²) in [7, 11) is 0. The second-order valence-electron chi connectivity index (χ2n) is 6.51. The first-order valence-electron chi connectivity index (χ1n) is 8.20. The molecule has 124 valence electrons. The van der Waals surface area contributed by atoms with Crippen molar-refractivity contribution in [3.63, 3.8) is 0 Å². The van der Waals surface area contributed by atoms with Gasteiger partial charge in [0.1, 0.15) is 11.6 Å². The summed E-state index contributed by atoms with van der Waals surface area (Å²) in [5.41, 5.74) is 1.07. The summed E-state index contributed by atoms with van der Waals surface area (Å²) in [5, 5.41) is 0. The fourth-order valence-electron chi connectivity index (χ4n) is 3.69. The highest BCUT2D eigenvalue weighted by atomic mass is 79.9. The molecular formula is C18H19BrN4O. The number of benzene rings is 1. The molecule has 2 bridgehead atoms. The number of fused-ring (bicyclic) bond motifs is 2. The molecule has 1 aromatic carbocycles. The van der Waals surface area contributed by atoms with Crippen LogP contribution in [0.15, 0.2) is 41.0 Å². The zero-order valence-electron chi connectivity index (χ0n) is 13.5. The Labute approximate surface area is 149 Å². The van der Waals surface area contributed by atoms with Gasteiger partial charge < -0.3 is 9.80 Å². The highest BCUT2D eigenvalue weighted by molar-refractivity contribution is 9.10. The lowest BCUT2D eigenvalue weighted by molar-refractivity contribution is -0.145. The average Bonchev–Trinajstić information content (AvgIpc) is 2.57. The van der Waals surface area contributed by atoms with Crippen molar-refractivity contribution >= 4 is 27.7 Å². The first kappa shape index (κ1) is 15.6. The van der Waals surface area contributed by atoms with E-state index in [1.54, 1.807) is 6.20 Å². The van der Waals surface area contributed by atoms with E-state index in [1.165, 1.54) is 0 Å². The van der Waals surface area contributed by atoms with Gasteiger partial charge in [-0.2, -0.15) is 0 Å². The number of aryl methyl sites for hydroxylation is 1. The second kappa shape index (κ2) is 6.16. The van der Waals surface area contributed by atoms with Gasteiger partial charge in [0.2, 0.25) is 5.91 Å². The number of amides is 1. The molecule has 0 saturated carbocycles. The maximum Gasteiger partial charge on any atom is 0.227 e. The van der Waals surface area contributed by atoms with E-state index in [2.05, 4.69) is 35.7 Å². The van der Waals surface area contributed by atoms with Crippen molar-refractivity contribution in [2.75, 3.05) is 18.0 Å². The molecule has 0 spiro atoms. The van der Waals surface area contributed by atoms with Crippen LogP contribution in [0.3, 0.4) is 0 Å². The number of halogens is 1. The molecule has 0 N–H and O–H groups in total. The van der Waals surface area contributed by atoms with E-state index >= 15 is 0 Å². The van der Waals surface area contributed by atoms with E-state index in [1.807, 2.05) is 37.3 Å². The van der Waals surface area contributed by atoms with Gasteiger partial charge in [-0.3, -0.25) is 4.79 Å². The molecule has 3 fully saturated rings. The fraction of sp³-hybridized carbons (Fsp3) is 0.389. The number of aromatic nitrogens is 2. The molecule has 2 unspecified atom stereocenters. The number of carbonyl (C=O) groups is 1. The van der Waals surface area contributed by atoms with Crippen LogP contribution in [0, 0.1) is 6.92 Å². The van der Waals surface area contributed by atoms with Crippen LogP contribution in [-0.4, -0.2) is 45.9 Å². The fourth-order valence-corrected chi connectivity index (χ4v) is 3.96. The number of hydrogen-bond donors (Lipinski definition) is 0. The smallest absolute Gasteiger partial charge is 0.227 e. The Morgan fingerprint density at radius 1 is 1.21 bits per heavy atom. The number of anilines is 1. The van der Waals surface area contributed by atoms with Crippen LogP contribution >= 0.6 is 15.9 Å². The normalized spacial score (nSPS) is 22.2.